The highest BCUT2D eigenvalue weighted by Gasteiger charge is 2.16. The number of rotatable bonds is 2. The van der Waals surface area contributed by atoms with Crippen LogP contribution in [0.1, 0.15) is 5.56 Å². The molecule has 3 rings (SSSR count). The highest BCUT2D eigenvalue weighted by Crippen LogP contribution is 2.29. The molecule has 0 saturated carbocycles. The van der Waals surface area contributed by atoms with Gasteiger partial charge in [-0.25, -0.2) is 9.36 Å². The lowest BCUT2D eigenvalue weighted by molar-refractivity contribution is 0.516. The molecule has 4 heteroatoms. The molecule has 0 atom stereocenters. The topological polar surface area (TPSA) is 35.1 Å². The third-order valence-electron chi connectivity index (χ3n) is 3.08. The summed E-state index contributed by atoms with van der Waals surface area (Å²) in [6.07, 6.45) is 0. The minimum absolute atomic E-state index is 0.403. The maximum atomic E-state index is 12.1. The van der Waals surface area contributed by atoms with Crippen molar-refractivity contribution >= 4 is 15.9 Å². The number of aryl methyl sites for hydroxylation is 1. The Bertz CT molecular complexity index is 786. The van der Waals surface area contributed by atoms with Gasteiger partial charge >= 0.3 is 5.76 Å². The minimum atomic E-state index is -0.403. The molecule has 3 aromatic rings. The van der Waals surface area contributed by atoms with Gasteiger partial charge in [-0.3, -0.25) is 0 Å². The second-order valence-corrected chi connectivity index (χ2v) is 5.28. The Balaban J connectivity index is 2.17. The van der Waals surface area contributed by atoms with E-state index in [1.165, 1.54) is 4.57 Å². The minimum Gasteiger partial charge on any atom is -0.406 e. The Morgan fingerprint density at radius 1 is 1.00 bits per heavy atom. The molecule has 2 aromatic carbocycles. The quantitative estimate of drug-likeness (QED) is 0.707. The van der Waals surface area contributed by atoms with Gasteiger partial charge in [0.2, 0.25) is 0 Å². The van der Waals surface area contributed by atoms with Crippen molar-refractivity contribution < 1.29 is 4.42 Å². The van der Waals surface area contributed by atoms with Crippen molar-refractivity contribution in [3.05, 3.63) is 75.3 Å². The smallest absolute Gasteiger partial charge is 0.406 e. The Morgan fingerprint density at radius 2 is 1.65 bits per heavy atom. The van der Waals surface area contributed by atoms with E-state index in [1.807, 2.05) is 61.5 Å². The molecular formula is C16H12BrNO2. The second kappa shape index (κ2) is 5.13. The number of halogens is 1. The number of aromatic nitrogens is 1. The van der Waals surface area contributed by atoms with Crippen molar-refractivity contribution in [3.63, 3.8) is 0 Å². The third-order valence-corrected chi connectivity index (χ3v) is 3.80. The lowest BCUT2D eigenvalue weighted by Crippen LogP contribution is -2.11. The second-order valence-electron chi connectivity index (χ2n) is 4.52. The fraction of sp³-hybridized carbons (Fsp3) is 0.0625. The molecular weight excluding hydrogens is 318 g/mol. The summed E-state index contributed by atoms with van der Waals surface area (Å²) in [7, 11) is 0. The summed E-state index contributed by atoms with van der Waals surface area (Å²) in [5.41, 5.74) is 2.78. The van der Waals surface area contributed by atoms with Crippen molar-refractivity contribution in [1.82, 2.24) is 4.57 Å². The van der Waals surface area contributed by atoms with Gasteiger partial charge in [0.05, 0.1) is 5.69 Å². The van der Waals surface area contributed by atoms with Crippen LogP contribution in [-0.2, 0) is 0 Å². The summed E-state index contributed by atoms with van der Waals surface area (Å²) in [6.45, 7) is 2.01. The highest BCUT2D eigenvalue weighted by molar-refractivity contribution is 9.10. The van der Waals surface area contributed by atoms with Crippen LogP contribution in [0.25, 0.3) is 17.0 Å². The molecule has 0 N–H and O–H groups in total. The van der Waals surface area contributed by atoms with Crippen LogP contribution >= 0.6 is 15.9 Å². The number of benzene rings is 2. The summed E-state index contributed by atoms with van der Waals surface area (Å²) in [4.78, 5) is 12.1. The van der Waals surface area contributed by atoms with Gasteiger partial charge in [0.1, 0.15) is 4.60 Å². The molecule has 3 nitrogen and oxygen atoms in total. The van der Waals surface area contributed by atoms with Crippen LogP contribution in [0.15, 0.2) is 68.4 Å². The number of oxazole rings is 1. The van der Waals surface area contributed by atoms with E-state index in [0.717, 1.165) is 16.8 Å². The molecule has 0 aliphatic carbocycles. The lowest BCUT2D eigenvalue weighted by atomic mass is 10.2. The van der Waals surface area contributed by atoms with Gasteiger partial charge in [-0.05, 0) is 35.0 Å². The molecule has 0 spiro atoms. The third kappa shape index (κ3) is 2.23. The Morgan fingerprint density at radius 3 is 2.30 bits per heavy atom. The first kappa shape index (κ1) is 12.9. The first-order chi connectivity index (χ1) is 9.66. The van der Waals surface area contributed by atoms with Crippen molar-refractivity contribution in [2.45, 2.75) is 6.92 Å². The van der Waals surface area contributed by atoms with E-state index < -0.39 is 5.76 Å². The standard InChI is InChI=1S/C16H12BrNO2/c1-11-7-9-13(10-8-11)18-15(17)14(20-16(18)19)12-5-3-2-4-6-12/h2-10H,1H3. The zero-order chi connectivity index (χ0) is 14.1. The maximum Gasteiger partial charge on any atom is 0.425 e. The van der Waals surface area contributed by atoms with Gasteiger partial charge in [-0.1, -0.05) is 48.0 Å². The van der Waals surface area contributed by atoms with Gasteiger partial charge in [0.25, 0.3) is 0 Å². The molecule has 0 aliphatic heterocycles. The van der Waals surface area contributed by atoms with E-state index in [-0.39, 0.29) is 0 Å². The molecule has 0 fully saturated rings. The molecule has 1 heterocycles. The van der Waals surface area contributed by atoms with E-state index in [1.54, 1.807) is 0 Å². The van der Waals surface area contributed by atoms with E-state index in [9.17, 15) is 4.79 Å². The molecule has 100 valence electrons. The van der Waals surface area contributed by atoms with Gasteiger partial charge in [-0.15, -0.1) is 0 Å². The van der Waals surface area contributed by atoms with Crippen LogP contribution in [-0.4, -0.2) is 4.57 Å². The van der Waals surface area contributed by atoms with E-state index >= 15 is 0 Å². The van der Waals surface area contributed by atoms with Crippen LogP contribution < -0.4 is 5.76 Å². The Hall–Kier alpha value is -2.07. The molecule has 0 aliphatic rings. The zero-order valence-corrected chi connectivity index (χ0v) is 12.4. The van der Waals surface area contributed by atoms with Crippen LogP contribution in [0.2, 0.25) is 0 Å². The summed E-state index contributed by atoms with van der Waals surface area (Å²) in [6, 6.07) is 17.3. The van der Waals surface area contributed by atoms with Crippen molar-refractivity contribution in [1.29, 1.82) is 0 Å². The van der Waals surface area contributed by atoms with Gasteiger partial charge in [0.15, 0.2) is 5.76 Å². The van der Waals surface area contributed by atoms with E-state index in [2.05, 4.69) is 15.9 Å². The SMILES string of the molecule is Cc1ccc(-n2c(Br)c(-c3ccccc3)oc2=O)cc1. The fourth-order valence-corrected chi connectivity index (χ4v) is 2.70. The molecule has 1 aromatic heterocycles. The largest absolute Gasteiger partial charge is 0.425 e. The summed E-state index contributed by atoms with van der Waals surface area (Å²) in [5.74, 6) is 0.135. The van der Waals surface area contributed by atoms with Crippen molar-refractivity contribution in [2.24, 2.45) is 0 Å². The van der Waals surface area contributed by atoms with Gasteiger partial charge in [-0.2, -0.15) is 0 Å². The Labute approximate surface area is 124 Å². The normalized spacial score (nSPS) is 10.7. The van der Waals surface area contributed by atoms with Crippen LogP contribution in [0.4, 0.5) is 0 Å². The average Bonchev–Trinajstić information content (AvgIpc) is 2.76. The summed E-state index contributed by atoms with van der Waals surface area (Å²) in [5, 5.41) is 0. The highest BCUT2D eigenvalue weighted by atomic mass is 79.9. The van der Waals surface area contributed by atoms with Gasteiger partial charge in [0, 0.05) is 5.56 Å². The zero-order valence-electron chi connectivity index (χ0n) is 10.8. The molecule has 0 saturated heterocycles. The molecule has 0 amide bonds. The maximum absolute atomic E-state index is 12.1. The fourth-order valence-electron chi connectivity index (χ4n) is 2.04. The Kier molecular flexibility index (Phi) is 3.32. The number of nitrogens with zero attached hydrogens (tertiary/aromatic N) is 1. The van der Waals surface area contributed by atoms with Crippen molar-refractivity contribution in [3.8, 4) is 17.0 Å². The first-order valence-corrected chi connectivity index (χ1v) is 7.00. The summed E-state index contributed by atoms with van der Waals surface area (Å²) >= 11 is 3.46. The monoisotopic (exact) mass is 329 g/mol. The van der Waals surface area contributed by atoms with Crippen LogP contribution in [0, 0.1) is 6.92 Å². The van der Waals surface area contributed by atoms with Crippen LogP contribution in [0.3, 0.4) is 0 Å². The summed E-state index contributed by atoms with van der Waals surface area (Å²) < 4.78 is 7.52. The predicted molar refractivity (Wildman–Crippen MR) is 82.2 cm³/mol. The lowest BCUT2D eigenvalue weighted by Gasteiger charge is -2.03. The molecule has 0 bridgehead atoms. The van der Waals surface area contributed by atoms with Crippen LogP contribution in [0.5, 0.6) is 0 Å². The average molecular weight is 330 g/mol. The first-order valence-electron chi connectivity index (χ1n) is 6.20. The number of hydrogen-bond donors (Lipinski definition) is 0. The van der Waals surface area contributed by atoms with Gasteiger partial charge < -0.3 is 4.42 Å². The number of hydrogen-bond acceptors (Lipinski definition) is 2. The molecule has 0 unspecified atom stereocenters. The van der Waals surface area contributed by atoms with E-state index in [4.69, 9.17) is 4.42 Å². The molecule has 0 radical (unpaired) electrons. The van der Waals surface area contributed by atoms with E-state index in [0.29, 0.717) is 10.4 Å². The van der Waals surface area contributed by atoms with Crippen molar-refractivity contribution in [2.75, 3.05) is 0 Å². The molecule has 20 heavy (non-hydrogen) atoms. The predicted octanol–water partition coefficient (Wildman–Crippen LogP) is 4.17.